The number of ether oxygens (including phenoxy) is 1. The van der Waals surface area contributed by atoms with Crippen molar-refractivity contribution in [1.82, 2.24) is 9.78 Å². The van der Waals surface area contributed by atoms with Crippen LogP contribution in [0.2, 0.25) is 0 Å². The molecule has 25 heavy (non-hydrogen) atoms. The molecule has 0 unspecified atom stereocenters. The highest BCUT2D eigenvalue weighted by atomic mass is 79.9. The van der Waals surface area contributed by atoms with Crippen LogP contribution in [0, 0.1) is 6.92 Å². The summed E-state index contributed by atoms with van der Waals surface area (Å²) in [6, 6.07) is 13.5. The number of benzene rings is 2. The lowest BCUT2D eigenvalue weighted by Crippen LogP contribution is -2.13. The van der Waals surface area contributed by atoms with Crippen LogP contribution in [0.5, 0.6) is 5.75 Å². The Bertz CT molecular complexity index is 888. The van der Waals surface area contributed by atoms with Gasteiger partial charge in [0.2, 0.25) is 0 Å². The Morgan fingerprint density at radius 1 is 1.24 bits per heavy atom. The Kier molecular flexibility index (Phi) is 5.19. The first kappa shape index (κ1) is 17.2. The van der Waals surface area contributed by atoms with Gasteiger partial charge in [0.25, 0.3) is 5.91 Å². The van der Waals surface area contributed by atoms with E-state index in [9.17, 15) is 4.79 Å². The molecule has 1 N–H and O–H groups in total. The molecular weight excluding hydrogens is 382 g/mol. The van der Waals surface area contributed by atoms with Gasteiger partial charge in [0.15, 0.2) is 0 Å². The lowest BCUT2D eigenvalue weighted by Gasteiger charge is -2.09. The quantitative estimate of drug-likeness (QED) is 0.696. The van der Waals surface area contributed by atoms with E-state index in [-0.39, 0.29) is 5.91 Å². The Labute approximate surface area is 154 Å². The van der Waals surface area contributed by atoms with Gasteiger partial charge in [0, 0.05) is 21.8 Å². The van der Waals surface area contributed by atoms with Crippen LogP contribution in [-0.2, 0) is 6.54 Å². The van der Waals surface area contributed by atoms with Crippen molar-refractivity contribution >= 4 is 27.5 Å². The predicted molar refractivity (Wildman–Crippen MR) is 101 cm³/mol. The zero-order chi connectivity index (χ0) is 17.8. The van der Waals surface area contributed by atoms with Gasteiger partial charge in [-0.3, -0.25) is 9.48 Å². The van der Waals surface area contributed by atoms with Gasteiger partial charge in [-0.25, -0.2) is 0 Å². The van der Waals surface area contributed by atoms with Crippen LogP contribution in [-0.4, -0.2) is 22.8 Å². The molecule has 2 aromatic carbocycles. The van der Waals surface area contributed by atoms with E-state index in [0.29, 0.717) is 23.5 Å². The first-order valence-corrected chi connectivity index (χ1v) is 8.58. The van der Waals surface area contributed by atoms with Gasteiger partial charge in [0.1, 0.15) is 5.75 Å². The fourth-order valence-corrected chi connectivity index (χ4v) is 2.84. The van der Waals surface area contributed by atoms with Gasteiger partial charge < -0.3 is 10.1 Å². The second kappa shape index (κ2) is 7.53. The molecule has 1 amide bonds. The Morgan fingerprint density at radius 2 is 2.00 bits per heavy atom. The molecule has 3 aromatic rings. The van der Waals surface area contributed by atoms with E-state index in [4.69, 9.17) is 4.74 Å². The summed E-state index contributed by atoms with van der Waals surface area (Å²) in [7, 11) is 1.59. The van der Waals surface area contributed by atoms with E-state index in [0.717, 1.165) is 15.6 Å². The minimum Gasteiger partial charge on any atom is -0.496 e. The molecule has 0 radical (unpaired) electrons. The molecule has 128 valence electrons. The monoisotopic (exact) mass is 399 g/mol. The second-order valence-corrected chi connectivity index (χ2v) is 6.56. The first-order valence-electron chi connectivity index (χ1n) is 7.78. The topological polar surface area (TPSA) is 56.1 Å². The largest absolute Gasteiger partial charge is 0.496 e. The number of carbonyl (C=O) groups is 1. The van der Waals surface area contributed by atoms with Gasteiger partial charge in [-0.1, -0.05) is 34.1 Å². The molecule has 0 aliphatic carbocycles. The minimum absolute atomic E-state index is 0.181. The maximum Gasteiger partial charge on any atom is 0.256 e. The van der Waals surface area contributed by atoms with Crippen molar-refractivity contribution in [2.75, 3.05) is 12.4 Å². The minimum atomic E-state index is -0.181. The molecular formula is C19H18BrN3O2. The average molecular weight is 400 g/mol. The maximum absolute atomic E-state index is 12.5. The van der Waals surface area contributed by atoms with E-state index in [1.54, 1.807) is 30.1 Å². The van der Waals surface area contributed by atoms with Crippen molar-refractivity contribution in [2.24, 2.45) is 0 Å². The SMILES string of the molecule is COc1cccc(C(=O)Nc2cnn(Cc3ccc(Br)cc3)c2)c1C. The van der Waals surface area contributed by atoms with E-state index in [1.165, 1.54) is 0 Å². The molecule has 0 atom stereocenters. The van der Waals surface area contributed by atoms with E-state index < -0.39 is 0 Å². The normalized spacial score (nSPS) is 10.5. The number of hydrogen-bond acceptors (Lipinski definition) is 3. The Hall–Kier alpha value is -2.60. The standard InChI is InChI=1S/C19H18BrN3O2/c1-13-17(4-3-5-18(13)25-2)19(24)22-16-10-21-23(12-16)11-14-6-8-15(20)9-7-14/h3-10,12H,11H2,1-2H3,(H,22,24). The van der Waals surface area contributed by atoms with Crippen LogP contribution in [0.3, 0.4) is 0 Å². The summed E-state index contributed by atoms with van der Waals surface area (Å²) in [6.07, 6.45) is 3.46. The van der Waals surface area contributed by atoms with Crippen molar-refractivity contribution in [1.29, 1.82) is 0 Å². The third-order valence-corrected chi connectivity index (χ3v) is 4.43. The maximum atomic E-state index is 12.5. The first-order chi connectivity index (χ1) is 12.1. The number of aromatic nitrogens is 2. The van der Waals surface area contributed by atoms with Crippen LogP contribution in [0.15, 0.2) is 59.3 Å². The molecule has 0 bridgehead atoms. The van der Waals surface area contributed by atoms with E-state index in [1.807, 2.05) is 43.5 Å². The van der Waals surface area contributed by atoms with Crippen LogP contribution < -0.4 is 10.1 Å². The Morgan fingerprint density at radius 3 is 2.72 bits per heavy atom. The molecule has 0 saturated carbocycles. The lowest BCUT2D eigenvalue weighted by molar-refractivity contribution is 0.102. The highest BCUT2D eigenvalue weighted by Crippen LogP contribution is 2.22. The van der Waals surface area contributed by atoms with Crippen molar-refractivity contribution in [2.45, 2.75) is 13.5 Å². The predicted octanol–water partition coefficient (Wildman–Crippen LogP) is 4.26. The van der Waals surface area contributed by atoms with Crippen LogP contribution in [0.4, 0.5) is 5.69 Å². The van der Waals surface area contributed by atoms with Gasteiger partial charge in [0.05, 0.1) is 25.5 Å². The van der Waals surface area contributed by atoms with E-state index in [2.05, 4.69) is 26.3 Å². The molecule has 1 heterocycles. The molecule has 3 rings (SSSR count). The fourth-order valence-electron chi connectivity index (χ4n) is 2.57. The second-order valence-electron chi connectivity index (χ2n) is 5.64. The number of nitrogens with zero attached hydrogens (tertiary/aromatic N) is 2. The summed E-state index contributed by atoms with van der Waals surface area (Å²) >= 11 is 3.42. The third-order valence-electron chi connectivity index (χ3n) is 3.90. The Balaban J connectivity index is 1.71. The molecule has 0 aliphatic heterocycles. The van der Waals surface area contributed by atoms with Gasteiger partial charge in [-0.15, -0.1) is 0 Å². The summed E-state index contributed by atoms with van der Waals surface area (Å²) < 4.78 is 8.09. The number of methoxy groups -OCH3 is 1. The molecule has 1 aromatic heterocycles. The fraction of sp³-hybridized carbons (Fsp3) is 0.158. The average Bonchev–Trinajstić information content (AvgIpc) is 3.04. The van der Waals surface area contributed by atoms with Crippen LogP contribution >= 0.6 is 15.9 Å². The molecule has 0 saturated heterocycles. The summed E-state index contributed by atoms with van der Waals surface area (Å²) in [5.41, 5.74) is 3.18. The molecule has 0 aliphatic rings. The summed E-state index contributed by atoms with van der Waals surface area (Å²) in [5.74, 6) is 0.512. The smallest absolute Gasteiger partial charge is 0.256 e. The van der Waals surface area contributed by atoms with Crippen LogP contribution in [0.1, 0.15) is 21.5 Å². The molecule has 5 nitrogen and oxygen atoms in total. The highest BCUT2D eigenvalue weighted by Gasteiger charge is 2.13. The van der Waals surface area contributed by atoms with Crippen molar-refractivity contribution in [3.05, 3.63) is 76.0 Å². The van der Waals surface area contributed by atoms with Crippen molar-refractivity contribution in [3.63, 3.8) is 0 Å². The van der Waals surface area contributed by atoms with Gasteiger partial charge in [-0.05, 0) is 36.8 Å². The molecule has 0 spiro atoms. The number of rotatable bonds is 5. The van der Waals surface area contributed by atoms with Gasteiger partial charge >= 0.3 is 0 Å². The number of amides is 1. The zero-order valence-corrected chi connectivity index (χ0v) is 15.6. The number of nitrogens with one attached hydrogen (secondary N) is 1. The number of carbonyl (C=O) groups excluding carboxylic acids is 1. The number of hydrogen-bond donors (Lipinski definition) is 1. The molecule has 0 fully saturated rings. The van der Waals surface area contributed by atoms with Gasteiger partial charge in [-0.2, -0.15) is 5.10 Å². The summed E-state index contributed by atoms with van der Waals surface area (Å²) in [4.78, 5) is 12.5. The molecule has 6 heteroatoms. The zero-order valence-electron chi connectivity index (χ0n) is 14.0. The third kappa shape index (κ3) is 4.09. The van der Waals surface area contributed by atoms with E-state index >= 15 is 0 Å². The van der Waals surface area contributed by atoms with Crippen LogP contribution in [0.25, 0.3) is 0 Å². The highest BCUT2D eigenvalue weighted by molar-refractivity contribution is 9.10. The summed E-state index contributed by atoms with van der Waals surface area (Å²) in [6.45, 7) is 2.51. The lowest BCUT2D eigenvalue weighted by atomic mass is 10.1. The number of halogens is 1. The van der Waals surface area contributed by atoms with Crippen molar-refractivity contribution < 1.29 is 9.53 Å². The number of anilines is 1. The van der Waals surface area contributed by atoms with Crippen molar-refractivity contribution in [3.8, 4) is 5.75 Å². The summed E-state index contributed by atoms with van der Waals surface area (Å²) in [5, 5.41) is 7.18.